The van der Waals surface area contributed by atoms with E-state index in [0.29, 0.717) is 46.3 Å². The van der Waals surface area contributed by atoms with E-state index in [2.05, 4.69) is 31.9 Å². The normalized spacial score (nSPS) is 20.3. The number of nitrogens with zero attached hydrogens (tertiary/aromatic N) is 4. The van der Waals surface area contributed by atoms with Gasteiger partial charge in [0.25, 0.3) is 5.91 Å². The number of rotatable bonds is 7. The van der Waals surface area contributed by atoms with Crippen LogP contribution in [0.25, 0.3) is 0 Å². The maximum atomic E-state index is 14.2. The Morgan fingerprint density at radius 2 is 1.91 bits per heavy atom. The van der Waals surface area contributed by atoms with Crippen LogP contribution in [0.2, 0.25) is 10.0 Å². The molecule has 0 aliphatic carbocycles. The van der Waals surface area contributed by atoms with Gasteiger partial charge in [-0.3, -0.25) is 14.6 Å². The Balaban J connectivity index is 1.34. The molecule has 3 heterocycles. The first-order chi connectivity index (χ1) is 16.9. The lowest BCUT2D eigenvalue weighted by atomic mass is 9.97. The minimum atomic E-state index is -0.229. The van der Waals surface area contributed by atoms with E-state index in [-0.39, 0.29) is 11.7 Å². The van der Waals surface area contributed by atoms with Crippen LogP contribution in [-0.4, -0.2) is 72.0 Å². The van der Waals surface area contributed by atoms with E-state index >= 15 is 0 Å². The highest BCUT2D eigenvalue weighted by atomic mass is 35.5. The number of piperazine rings is 1. The number of hydrogen-bond donors (Lipinski definition) is 1. The molecule has 35 heavy (non-hydrogen) atoms. The van der Waals surface area contributed by atoms with Gasteiger partial charge in [0.15, 0.2) is 0 Å². The summed E-state index contributed by atoms with van der Waals surface area (Å²) in [5.74, 6) is 0.362. The molecule has 6 nitrogen and oxygen atoms in total. The fourth-order valence-corrected chi connectivity index (χ4v) is 5.70. The zero-order valence-electron chi connectivity index (χ0n) is 20.4. The van der Waals surface area contributed by atoms with Gasteiger partial charge in [-0.05, 0) is 57.5 Å². The third-order valence-corrected chi connectivity index (χ3v) is 7.67. The van der Waals surface area contributed by atoms with E-state index in [1.165, 1.54) is 6.07 Å². The molecule has 1 aromatic carbocycles. The van der Waals surface area contributed by atoms with Crippen molar-refractivity contribution in [3.63, 3.8) is 0 Å². The summed E-state index contributed by atoms with van der Waals surface area (Å²) < 4.78 is 14.2. The molecule has 2 aliphatic rings. The van der Waals surface area contributed by atoms with Crippen molar-refractivity contribution >= 4 is 34.9 Å². The van der Waals surface area contributed by atoms with Gasteiger partial charge < -0.3 is 10.2 Å². The Morgan fingerprint density at radius 3 is 2.57 bits per heavy atom. The second-order valence-corrected chi connectivity index (χ2v) is 10.2. The van der Waals surface area contributed by atoms with Crippen LogP contribution in [0.15, 0.2) is 30.5 Å². The molecule has 2 saturated heterocycles. The Hall–Kier alpha value is -1.93. The second kappa shape index (κ2) is 11.9. The van der Waals surface area contributed by atoms with Crippen molar-refractivity contribution in [2.45, 2.75) is 51.7 Å². The predicted octanol–water partition coefficient (Wildman–Crippen LogP) is 4.84. The van der Waals surface area contributed by atoms with Crippen LogP contribution in [0, 0.1) is 5.82 Å². The first-order valence-corrected chi connectivity index (χ1v) is 13.3. The van der Waals surface area contributed by atoms with Crippen LogP contribution >= 0.6 is 23.2 Å². The van der Waals surface area contributed by atoms with Gasteiger partial charge in [0.05, 0.1) is 10.6 Å². The smallest absolute Gasteiger partial charge is 0.252 e. The zero-order valence-corrected chi connectivity index (χ0v) is 22.0. The molecule has 1 aromatic heterocycles. The Kier molecular flexibility index (Phi) is 8.87. The molecule has 2 aromatic rings. The largest absolute Gasteiger partial charge is 0.353 e. The van der Waals surface area contributed by atoms with Crippen LogP contribution in [-0.2, 0) is 6.54 Å². The molecule has 2 aliphatic heterocycles. The van der Waals surface area contributed by atoms with E-state index < -0.39 is 0 Å². The standard InChI is InChI=1S/C26H34Cl2FN5O/c1-3-21-17-33(25-23(28)13-19(15-31-25)26(35)30-4-2)11-12-34(21)22-7-9-32(10-8-22)16-18-5-6-20(27)14-24(18)29/h5-6,13-15,21-22H,3-4,7-12,16-17H2,1-2H3,(H,30,35). The summed E-state index contributed by atoms with van der Waals surface area (Å²) in [7, 11) is 0. The summed E-state index contributed by atoms with van der Waals surface area (Å²) in [6, 6.07) is 7.59. The fourth-order valence-electron chi connectivity index (χ4n) is 5.26. The number of anilines is 1. The summed E-state index contributed by atoms with van der Waals surface area (Å²) in [6.45, 7) is 9.87. The van der Waals surface area contributed by atoms with Crippen LogP contribution in [0.1, 0.15) is 49.0 Å². The highest BCUT2D eigenvalue weighted by Gasteiger charge is 2.34. The van der Waals surface area contributed by atoms with E-state index in [0.717, 1.165) is 57.8 Å². The summed E-state index contributed by atoms with van der Waals surface area (Å²) >= 11 is 12.4. The van der Waals surface area contributed by atoms with Gasteiger partial charge in [0.2, 0.25) is 0 Å². The summed E-state index contributed by atoms with van der Waals surface area (Å²) in [5, 5.41) is 3.73. The third kappa shape index (κ3) is 6.26. The maximum Gasteiger partial charge on any atom is 0.252 e. The first kappa shape index (κ1) is 26.1. The number of benzene rings is 1. The molecule has 1 N–H and O–H groups in total. The monoisotopic (exact) mass is 521 g/mol. The van der Waals surface area contributed by atoms with Gasteiger partial charge in [-0.2, -0.15) is 0 Å². The molecule has 0 bridgehead atoms. The molecule has 0 spiro atoms. The number of hydrogen-bond acceptors (Lipinski definition) is 5. The molecule has 2 fully saturated rings. The van der Waals surface area contributed by atoms with Crippen LogP contribution in [0.5, 0.6) is 0 Å². The average molecular weight is 522 g/mol. The highest BCUT2D eigenvalue weighted by Crippen LogP contribution is 2.30. The third-order valence-electron chi connectivity index (χ3n) is 7.16. The lowest BCUT2D eigenvalue weighted by Crippen LogP contribution is -2.58. The number of carbonyl (C=O) groups excluding carboxylic acids is 1. The van der Waals surface area contributed by atoms with Crippen LogP contribution < -0.4 is 10.2 Å². The SMILES string of the molecule is CCNC(=O)c1cnc(N2CCN(C3CCN(Cc4ccc(Cl)cc4F)CC3)C(CC)C2)c(Cl)c1. The quantitative estimate of drug-likeness (QED) is 0.564. The minimum Gasteiger partial charge on any atom is -0.353 e. The molecule has 1 atom stereocenters. The van der Waals surface area contributed by atoms with Gasteiger partial charge in [-0.1, -0.05) is 36.2 Å². The number of aromatic nitrogens is 1. The van der Waals surface area contributed by atoms with Crippen LogP contribution in [0.3, 0.4) is 0 Å². The summed E-state index contributed by atoms with van der Waals surface area (Å²) in [5.41, 5.74) is 1.19. The number of pyridine rings is 1. The molecular formula is C26H34Cl2FN5O. The number of likely N-dealkylation sites (tertiary alicyclic amines) is 1. The number of halogens is 3. The molecule has 0 radical (unpaired) electrons. The molecule has 1 amide bonds. The summed E-state index contributed by atoms with van der Waals surface area (Å²) in [4.78, 5) is 23.9. The minimum absolute atomic E-state index is 0.158. The number of carbonyl (C=O) groups is 1. The van der Waals surface area contributed by atoms with Gasteiger partial charge >= 0.3 is 0 Å². The van der Waals surface area contributed by atoms with Crippen molar-refractivity contribution in [3.8, 4) is 0 Å². The number of piperidine rings is 1. The van der Waals surface area contributed by atoms with Crippen molar-refractivity contribution in [1.29, 1.82) is 0 Å². The van der Waals surface area contributed by atoms with E-state index in [4.69, 9.17) is 23.2 Å². The lowest BCUT2D eigenvalue weighted by Gasteiger charge is -2.47. The average Bonchev–Trinajstić information content (AvgIpc) is 2.86. The summed E-state index contributed by atoms with van der Waals surface area (Å²) in [6.07, 6.45) is 4.80. The van der Waals surface area contributed by atoms with E-state index in [1.54, 1.807) is 24.4 Å². The predicted molar refractivity (Wildman–Crippen MR) is 140 cm³/mol. The number of nitrogens with one attached hydrogen (secondary N) is 1. The second-order valence-electron chi connectivity index (χ2n) is 9.38. The van der Waals surface area contributed by atoms with Gasteiger partial charge in [-0.25, -0.2) is 9.37 Å². The van der Waals surface area contributed by atoms with Crippen LogP contribution in [0.4, 0.5) is 10.2 Å². The first-order valence-electron chi connectivity index (χ1n) is 12.5. The Bertz CT molecular complexity index is 1030. The Morgan fingerprint density at radius 1 is 1.14 bits per heavy atom. The fraction of sp³-hybridized carbons (Fsp3) is 0.538. The van der Waals surface area contributed by atoms with Gasteiger partial charge in [0.1, 0.15) is 11.6 Å². The highest BCUT2D eigenvalue weighted by molar-refractivity contribution is 6.33. The molecule has 190 valence electrons. The molecular weight excluding hydrogens is 488 g/mol. The number of amides is 1. The van der Waals surface area contributed by atoms with Crippen molar-refractivity contribution < 1.29 is 9.18 Å². The molecule has 4 rings (SSSR count). The van der Waals surface area contributed by atoms with Crippen molar-refractivity contribution in [2.24, 2.45) is 0 Å². The topological polar surface area (TPSA) is 51.7 Å². The van der Waals surface area contributed by atoms with Crippen molar-refractivity contribution in [3.05, 3.63) is 57.5 Å². The zero-order chi connectivity index (χ0) is 24.9. The lowest BCUT2D eigenvalue weighted by molar-refractivity contribution is 0.0607. The molecule has 1 unspecified atom stereocenters. The maximum absolute atomic E-state index is 14.2. The molecule has 0 saturated carbocycles. The van der Waals surface area contributed by atoms with Crippen molar-refractivity contribution in [2.75, 3.05) is 44.2 Å². The van der Waals surface area contributed by atoms with E-state index in [1.807, 2.05) is 6.92 Å². The van der Waals surface area contributed by atoms with E-state index in [9.17, 15) is 9.18 Å². The van der Waals surface area contributed by atoms with Gasteiger partial charge in [0, 0.05) is 61.6 Å². The van der Waals surface area contributed by atoms with Crippen molar-refractivity contribution in [1.82, 2.24) is 20.1 Å². The molecule has 9 heteroatoms. The Labute approximate surface area is 217 Å². The van der Waals surface area contributed by atoms with Gasteiger partial charge in [-0.15, -0.1) is 0 Å².